The fourth-order valence-corrected chi connectivity index (χ4v) is 3.26. The normalized spacial score (nSPS) is 12.4. The lowest BCUT2D eigenvalue weighted by molar-refractivity contribution is -0.131. The molecule has 0 saturated carbocycles. The van der Waals surface area contributed by atoms with Crippen LogP contribution in [-0.2, 0) is 10.2 Å². The molecule has 134 valence electrons. The molecule has 0 atom stereocenters. The molecule has 0 heterocycles. The zero-order chi connectivity index (χ0) is 18.9. The van der Waals surface area contributed by atoms with Crippen molar-refractivity contribution in [1.82, 2.24) is 4.90 Å². The molecule has 0 aliphatic carbocycles. The summed E-state index contributed by atoms with van der Waals surface area (Å²) in [6.07, 6.45) is 2.12. The average Bonchev–Trinajstić information content (AvgIpc) is 2.51. The van der Waals surface area contributed by atoms with E-state index in [4.69, 9.17) is 4.74 Å². The van der Waals surface area contributed by atoms with Gasteiger partial charge in [0, 0.05) is 48.5 Å². The molecule has 0 saturated heterocycles. The summed E-state index contributed by atoms with van der Waals surface area (Å²) in [6, 6.07) is 7.44. The number of hydrogen-bond acceptors (Lipinski definition) is 4. The second kappa shape index (κ2) is 6.79. The number of phenols is 1. The van der Waals surface area contributed by atoms with Gasteiger partial charge in [-0.15, -0.1) is 0 Å². The van der Waals surface area contributed by atoms with Gasteiger partial charge in [0.1, 0.15) is 11.5 Å². The van der Waals surface area contributed by atoms with Crippen LogP contribution in [0.4, 0.5) is 0 Å². The van der Waals surface area contributed by atoms with E-state index in [0.717, 1.165) is 22.2 Å². The molecule has 0 aromatic heterocycles. The molecule has 2 aromatic carbocycles. The molecule has 0 fully saturated rings. The van der Waals surface area contributed by atoms with Crippen molar-refractivity contribution in [3.05, 3.63) is 47.2 Å². The van der Waals surface area contributed by atoms with Crippen molar-refractivity contribution in [3.8, 4) is 11.5 Å². The maximum absolute atomic E-state index is 11.8. The van der Waals surface area contributed by atoms with E-state index in [0.29, 0.717) is 11.1 Å². The van der Waals surface area contributed by atoms with Crippen LogP contribution < -0.4 is 4.74 Å². The molecule has 0 spiro atoms. The second-order valence-electron chi connectivity index (χ2n) is 7.22. The largest absolute Gasteiger partial charge is 0.507 e. The van der Waals surface area contributed by atoms with Gasteiger partial charge in [-0.2, -0.15) is 0 Å². The summed E-state index contributed by atoms with van der Waals surface area (Å²) in [6.45, 7) is 9.41. The van der Waals surface area contributed by atoms with Crippen LogP contribution in [0.1, 0.15) is 38.8 Å². The fraction of sp³-hybridized carbons (Fsp3) is 0.381. The summed E-state index contributed by atoms with van der Waals surface area (Å²) >= 11 is 0. The van der Waals surface area contributed by atoms with Crippen LogP contribution in [0.15, 0.2) is 36.0 Å². The topological polar surface area (TPSA) is 49.8 Å². The molecule has 0 aliphatic heterocycles. The van der Waals surface area contributed by atoms with Gasteiger partial charge in [0.2, 0.25) is 0 Å². The highest BCUT2D eigenvalue weighted by Gasteiger charge is 2.29. The van der Waals surface area contributed by atoms with Crippen molar-refractivity contribution < 1.29 is 14.6 Å². The number of rotatable bonds is 4. The van der Waals surface area contributed by atoms with E-state index in [1.165, 1.54) is 6.92 Å². The quantitative estimate of drug-likeness (QED) is 0.656. The second-order valence-corrected chi connectivity index (χ2v) is 7.22. The molecule has 4 heteroatoms. The Morgan fingerprint density at radius 1 is 1.16 bits per heavy atom. The molecule has 0 aliphatic rings. The third-order valence-corrected chi connectivity index (χ3v) is 4.55. The van der Waals surface area contributed by atoms with Gasteiger partial charge in [-0.25, -0.2) is 0 Å². The van der Waals surface area contributed by atoms with Gasteiger partial charge >= 0.3 is 5.97 Å². The number of nitrogens with zero attached hydrogens (tertiary/aromatic N) is 1. The summed E-state index contributed by atoms with van der Waals surface area (Å²) in [7, 11) is 3.97. The van der Waals surface area contributed by atoms with E-state index in [-0.39, 0.29) is 11.7 Å². The van der Waals surface area contributed by atoms with Crippen LogP contribution in [0, 0.1) is 6.92 Å². The minimum absolute atomic E-state index is 0.227. The lowest BCUT2D eigenvalue weighted by Crippen LogP contribution is -2.21. The zero-order valence-corrected chi connectivity index (χ0v) is 16.1. The van der Waals surface area contributed by atoms with Crippen molar-refractivity contribution in [3.63, 3.8) is 0 Å². The van der Waals surface area contributed by atoms with Gasteiger partial charge in [0.25, 0.3) is 0 Å². The molecule has 0 amide bonds. The van der Waals surface area contributed by atoms with Gasteiger partial charge in [-0.05, 0) is 19.4 Å². The molecule has 4 nitrogen and oxygen atoms in total. The third-order valence-electron chi connectivity index (χ3n) is 4.55. The zero-order valence-electron chi connectivity index (χ0n) is 16.1. The summed E-state index contributed by atoms with van der Waals surface area (Å²) in [5, 5.41) is 12.2. The van der Waals surface area contributed by atoms with E-state index in [9.17, 15) is 9.90 Å². The molecular weight excluding hydrogens is 314 g/mol. The monoisotopic (exact) mass is 341 g/mol. The smallest absolute Gasteiger partial charge is 0.308 e. The standard InChI is InChI=1S/C21H27NO3/c1-13(22(6)7)12-21(4,5)18-14(2)19(24)16-10-8-9-11-17(16)20(18)25-15(3)23/h8-12,24H,1-7H3/b13-12+. The molecule has 1 N–H and O–H groups in total. The molecule has 2 aromatic rings. The number of benzene rings is 2. The summed E-state index contributed by atoms with van der Waals surface area (Å²) in [5.41, 5.74) is 2.19. The van der Waals surface area contributed by atoms with Crippen molar-refractivity contribution in [2.24, 2.45) is 0 Å². The lowest BCUT2D eigenvalue weighted by atomic mass is 9.79. The molecule has 25 heavy (non-hydrogen) atoms. The van der Waals surface area contributed by atoms with E-state index in [1.54, 1.807) is 0 Å². The van der Waals surface area contributed by atoms with Crippen molar-refractivity contribution in [2.45, 2.75) is 40.0 Å². The number of allylic oxidation sites excluding steroid dienone is 2. The van der Waals surface area contributed by atoms with Crippen LogP contribution in [0.25, 0.3) is 10.8 Å². The van der Waals surface area contributed by atoms with Crippen molar-refractivity contribution >= 4 is 16.7 Å². The Kier molecular flexibility index (Phi) is 5.12. The summed E-state index contributed by atoms with van der Waals surface area (Å²) in [5.74, 6) is 0.372. The predicted octanol–water partition coefficient (Wildman–Crippen LogP) is 4.52. The number of carbonyl (C=O) groups excluding carboxylic acids is 1. The van der Waals surface area contributed by atoms with Crippen molar-refractivity contribution in [1.29, 1.82) is 0 Å². The highest BCUT2D eigenvalue weighted by molar-refractivity contribution is 5.97. The highest BCUT2D eigenvalue weighted by atomic mass is 16.5. The van der Waals surface area contributed by atoms with E-state index in [1.807, 2.05) is 57.1 Å². The first-order valence-corrected chi connectivity index (χ1v) is 8.36. The average molecular weight is 341 g/mol. The van der Waals surface area contributed by atoms with Gasteiger partial charge in [-0.3, -0.25) is 4.79 Å². The molecule has 2 rings (SSSR count). The molecule has 0 radical (unpaired) electrons. The van der Waals surface area contributed by atoms with Crippen LogP contribution in [0.5, 0.6) is 11.5 Å². The summed E-state index contributed by atoms with van der Waals surface area (Å²) in [4.78, 5) is 13.8. The number of aromatic hydroxyl groups is 1. The Hall–Kier alpha value is -2.49. The van der Waals surface area contributed by atoms with Gasteiger partial charge in [-0.1, -0.05) is 44.2 Å². The van der Waals surface area contributed by atoms with Gasteiger partial charge in [0.15, 0.2) is 0 Å². The molecular formula is C21H27NO3. The SMILES string of the molecule is CC(=O)Oc1c(C(C)(C)/C=C(\C)N(C)C)c(C)c(O)c2ccccc12. The first-order valence-electron chi connectivity index (χ1n) is 8.36. The van der Waals surface area contributed by atoms with E-state index in [2.05, 4.69) is 19.9 Å². The Morgan fingerprint density at radius 2 is 1.72 bits per heavy atom. The van der Waals surface area contributed by atoms with Crippen LogP contribution in [0.3, 0.4) is 0 Å². The minimum Gasteiger partial charge on any atom is -0.507 e. The number of fused-ring (bicyclic) bond motifs is 1. The fourth-order valence-electron chi connectivity index (χ4n) is 3.26. The summed E-state index contributed by atoms with van der Waals surface area (Å²) < 4.78 is 5.63. The maximum atomic E-state index is 11.8. The van der Waals surface area contributed by atoms with E-state index < -0.39 is 5.41 Å². The Morgan fingerprint density at radius 3 is 2.24 bits per heavy atom. The Bertz CT molecular complexity index is 848. The Balaban J connectivity index is 2.88. The number of phenolic OH excluding ortho intramolecular Hbond substituents is 1. The van der Waals surface area contributed by atoms with Crippen LogP contribution in [0.2, 0.25) is 0 Å². The van der Waals surface area contributed by atoms with Crippen LogP contribution >= 0.6 is 0 Å². The Labute approximate surface area is 149 Å². The molecule has 0 unspecified atom stereocenters. The number of esters is 1. The van der Waals surface area contributed by atoms with E-state index >= 15 is 0 Å². The highest BCUT2D eigenvalue weighted by Crippen LogP contribution is 2.46. The predicted molar refractivity (Wildman–Crippen MR) is 102 cm³/mol. The van der Waals surface area contributed by atoms with Crippen LogP contribution in [-0.4, -0.2) is 30.1 Å². The number of ether oxygens (including phenoxy) is 1. The lowest BCUT2D eigenvalue weighted by Gasteiger charge is -2.29. The third kappa shape index (κ3) is 3.63. The molecule has 0 bridgehead atoms. The minimum atomic E-state index is -0.440. The maximum Gasteiger partial charge on any atom is 0.308 e. The van der Waals surface area contributed by atoms with Gasteiger partial charge < -0.3 is 14.7 Å². The number of carbonyl (C=O) groups is 1. The first kappa shape index (κ1) is 18.8. The number of hydrogen-bond donors (Lipinski definition) is 1. The van der Waals surface area contributed by atoms with Gasteiger partial charge in [0.05, 0.1) is 0 Å². The first-order chi connectivity index (χ1) is 11.6. The van der Waals surface area contributed by atoms with Crippen molar-refractivity contribution in [2.75, 3.05) is 14.1 Å².